The topological polar surface area (TPSA) is 89.9 Å². The second-order valence-corrected chi connectivity index (χ2v) is 8.57. The smallest absolute Gasteiger partial charge is 0.329 e. The van der Waals surface area contributed by atoms with Crippen molar-refractivity contribution in [1.82, 2.24) is 0 Å². The van der Waals surface area contributed by atoms with Gasteiger partial charge in [-0.05, 0) is 13.3 Å². The minimum atomic E-state index is -4.22. The lowest BCUT2D eigenvalue weighted by Gasteiger charge is -2.24. The van der Waals surface area contributed by atoms with Crippen LogP contribution in [0.25, 0.3) is 0 Å². The van der Waals surface area contributed by atoms with Crippen molar-refractivity contribution in [3.8, 4) is 0 Å². The van der Waals surface area contributed by atoms with Gasteiger partial charge in [-0.25, -0.2) is 4.57 Å². The highest BCUT2D eigenvalue weighted by Gasteiger charge is 2.27. The van der Waals surface area contributed by atoms with E-state index < -0.39 is 13.7 Å². The van der Waals surface area contributed by atoms with Crippen LogP contribution in [0.3, 0.4) is 0 Å². The molecule has 0 radical (unpaired) electrons. The Labute approximate surface area is 145 Å². The summed E-state index contributed by atoms with van der Waals surface area (Å²) in [5, 5.41) is 0. The Morgan fingerprint density at radius 3 is 2.29 bits per heavy atom. The number of nitrogens with zero attached hydrogens (tertiary/aromatic N) is 1. The van der Waals surface area contributed by atoms with E-state index in [1.165, 1.54) is 6.92 Å². The summed E-state index contributed by atoms with van der Waals surface area (Å²) in [7, 11) is 1.58. The third kappa shape index (κ3) is 12.8. The average Bonchev–Trinajstić information content (AvgIpc) is 2.41. The molecule has 142 valence electrons. The first-order valence-corrected chi connectivity index (χ1v) is 9.91. The normalized spacial score (nSPS) is 15.8. The van der Waals surface area contributed by atoms with Crippen LogP contribution in [0.5, 0.6) is 0 Å². The summed E-state index contributed by atoms with van der Waals surface area (Å²) in [6.07, 6.45) is 3.25. The number of hydrogen-bond acceptors (Lipinski definition) is 5. The van der Waals surface area contributed by atoms with Crippen molar-refractivity contribution in [2.24, 2.45) is 5.92 Å². The molecule has 0 saturated heterocycles. The van der Waals surface area contributed by atoms with Crippen LogP contribution in [0, 0.1) is 5.92 Å². The van der Waals surface area contributed by atoms with Gasteiger partial charge >= 0.3 is 7.82 Å². The summed E-state index contributed by atoms with van der Waals surface area (Å²) in [4.78, 5) is 33.1. The Balaban J connectivity index is 4.34. The minimum absolute atomic E-state index is 0.0222. The van der Waals surface area contributed by atoms with Crippen LogP contribution in [-0.4, -0.2) is 61.8 Å². The highest BCUT2D eigenvalue weighted by molar-refractivity contribution is 7.47. The fraction of sp³-hybridized carbons (Fsp3) is 0.875. The van der Waals surface area contributed by atoms with Crippen LogP contribution in [0.2, 0.25) is 0 Å². The number of unbranched alkanes of at least 4 members (excludes halogenated alkanes) is 2. The molecule has 1 N–H and O–H groups in total. The second-order valence-electron chi connectivity index (χ2n) is 7.12. The average molecular weight is 366 g/mol. The highest BCUT2D eigenvalue weighted by Crippen LogP contribution is 2.43. The van der Waals surface area contributed by atoms with E-state index in [1.807, 2.05) is 28.1 Å². The monoisotopic (exact) mass is 366 g/mol. The third-order valence-electron chi connectivity index (χ3n) is 3.56. The molecule has 0 aliphatic rings. The molecule has 0 fully saturated rings. The summed E-state index contributed by atoms with van der Waals surface area (Å²) in [5.74, 6) is -0.960. The van der Waals surface area contributed by atoms with Crippen molar-refractivity contribution in [3.63, 3.8) is 0 Å². The number of hydrogen-bond donors (Lipinski definition) is 1. The van der Waals surface area contributed by atoms with E-state index in [-0.39, 0.29) is 31.2 Å². The van der Waals surface area contributed by atoms with E-state index in [2.05, 4.69) is 0 Å². The molecular formula is C16H33NO6P+. The van der Waals surface area contributed by atoms with Crippen molar-refractivity contribution < 1.29 is 32.6 Å². The Bertz CT molecular complexity index is 446. The number of Topliss-reactive ketones (excluding diaryl/α,β-unsaturated/α-hetero) is 2. The molecule has 2 atom stereocenters. The van der Waals surface area contributed by atoms with E-state index in [0.717, 1.165) is 19.3 Å². The molecule has 0 bridgehead atoms. The molecule has 7 nitrogen and oxygen atoms in total. The van der Waals surface area contributed by atoms with Crippen molar-refractivity contribution in [1.29, 1.82) is 0 Å². The second kappa shape index (κ2) is 11.1. The van der Waals surface area contributed by atoms with E-state index in [4.69, 9.17) is 9.05 Å². The standard InChI is InChI=1S/C16H32NO6P/c1-6-7-8-9-16(19)12-15(14(2)18)13-23-24(20,21)22-11-10-17(3,4)5/h15H,6-13H2,1-5H3/p+1. The molecule has 0 aromatic rings. The summed E-state index contributed by atoms with van der Waals surface area (Å²) in [6.45, 7) is 3.73. The van der Waals surface area contributed by atoms with E-state index in [1.54, 1.807) is 0 Å². The maximum atomic E-state index is 11.9. The van der Waals surface area contributed by atoms with Crippen molar-refractivity contribution in [2.45, 2.75) is 46.0 Å². The van der Waals surface area contributed by atoms with Gasteiger partial charge in [0.25, 0.3) is 0 Å². The van der Waals surface area contributed by atoms with Gasteiger partial charge in [-0.1, -0.05) is 19.8 Å². The molecule has 0 saturated carbocycles. The van der Waals surface area contributed by atoms with Crippen molar-refractivity contribution in [2.75, 3.05) is 40.9 Å². The lowest BCUT2D eigenvalue weighted by atomic mass is 9.97. The van der Waals surface area contributed by atoms with Crippen molar-refractivity contribution >= 4 is 19.4 Å². The molecule has 8 heteroatoms. The molecule has 0 aromatic heterocycles. The van der Waals surface area contributed by atoms with Gasteiger partial charge in [-0.15, -0.1) is 0 Å². The van der Waals surface area contributed by atoms with Gasteiger partial charge in [0.1, 0.15) is 24.7 Å². The fourth-order valence-electron chi connectivity index (χ4n) is 1.92. The molecular weight excluding hydrogens is 333 g/mol. The number of phosphoric acid groups is 1. The van der Waals surface area contributed by atoms with Crippen LogP contribution in [0.15, 0.2) is 0 Å². The highest BCUT2D eigenvalue weighted by atomic mass is 31.2. The van der Waals surface area contributed by atoms with Crippen LogP contribution in [0.4, 0.5) is 0 Å². The zero-order chi connectivity index (χ0) is 18.8. The van der Waals surface area contributed by atoms with E-state index in [9.17, 15) is 19.0 Å². The first kappa shape index (κ1) is 23.4. The van der Waals surface area contributed by atoms with Crippen molar-refractivity contribution in [3.05, 3.63) is 0 Å². The van der Waals surface area contributed by atoms with Gasteiger partial charge in [0.2, 0.25) is 0 Å². The Morgan fingerprint density at radius 2 is 1.79 bits per heavy atom. The first-order valence-electron chi connectivity index (χ1n) is 8.41. The number of phosphoric ester groups is 1. The zero-order valence-corrected chi connectivity index (χ0v) is 16.5. The SMILES string of the molecule is CCCCCC(=O)CC(COP(=O)(O)OCC[N+](C)(C)C)C(C)=O. The van der Waals surface area contributed by atoms with Gasteiger partial charge < -0.3 is 9.38 Å². The molecule has 2 unspecified atom stereocenters. The lowest BCUT2D eigenvalue weighted by molar-refractivity contribution is -0.870. The molecule has 0 rings (SSSR count). The minimum Gasteiger partial charge on any atom is -0.329 e. The predicted octanol–water partition coefficient (Wildman–Crippen LogP) is 2.57. The number of likely N-dealkylation sites (N-methyl/N-ethyl adjacent to an activating group) is 1. The molecule has 0 spiro atoms. The Hall–Kier alpha value is -0.590. The molecule has 0 aliphatic heterocycles. The predicted molar refractivity (Wildman–Crippen MR) is 92.6 cm³/mol. The Kier molecular flexibility index (Phi) is 10.8. The Morgan fingerprint density at radius 1 is 1.17 bits per heavy atom. The number of ketones is 2. The van der Waals surface area contributed by atoms with Gasteiger partial charge in [0, 0.05) is 18.8 Å². The number of carbonyl (C=O) groups excluding carboxylic acids is 2. The first-order chi connectivity index (χ1) is 11.0. The largest absolute Gasteiger partial charge is 0.472 e. The summed E-state index contributed by atoms with van der Waals surface area (Å²) >= 11 is 0. The van der Waals surface area contributed by atoms with Gasteiger partial charge in [-0.3, -0.25) is 18.6 Å². The van der Waals surface area contributed by atoms with E-state index >= 15 is 0 Å². The van der Waals surface area contributed by atoms with Crippen LogP contribution in [-0.2, 0) is 23.2 Å². The molecule has 0 amide bonds. The van der Waals surface area contributed by atoms with Crippen LogP contribution < -0.4 is 0 Å². The maximum Gasteiger partial charge on any atom is 0.472 e. The van der Waals surface area contributed by atoms with Gasteiger partial charge in [-0.2, -0.15) is 0 Å². The van der Waals surface area contributed by atoms with Crippen LogP contribution in [0.1, 0.15) is 46.0 Å². The number of rotatable bonds is 14. The quantitative estimate of drug-likeness (QED) is 0.289. The third-order valence-corrected chi connectivity index (χ3v) is 4.55. The zero-order valence-electron chi connectivity index (χ0n) is 15.6. The molecule has 24 heavy (non-hydrogen) atoms. The summed E-state index contributed by atoms with van der Waals surface area (Å²) in [5.41, 5.74) is 0. The summed E-state index contributed by atoms with van der Waals surface area (Å²) in [6, 6.07) is 0. The number of carbonyl (C=O) groups is 2. The van der Waals surface area contributed by atoms with E-state index in [0.29, 0.717) is 17.4 Å². The fourth-order valence-corrected chi connectivity index (χ4v) is 2.68. The van der Waals surface area contributed by atoms with Gasteiger partial charge in [0.05, 0.1) is 27.7 Å². The number of quaternary nitrogens is 1. The molecule has 0 aromatic carbocycles. The summed E-state index contributed by atoms with van der Waals surface area (Å²) < 4.78 is 22.2. The molecule has 0 heterocycles. The molecule has 0 aliphatic carbocycles. The van der Waals surface area contributed by atoms with Crippen LogP contribution >= 0.6 is 7.82 Å². The maximum absolute atomic E-state index is 11.9. The lowest BCUT2D eigenvalue weighted by Crippen LogP contribution is -2.37. The van der Waals surface area contributed by atoms with Gasteiger partial charge in [0.15, 0.2) is 0 Å².